The van der Waals surface area contributed by atoms with Gasteiger partial charge in [0.15, 0.2) is 0 Å². The van der Waals surface area contributed by atoms with Crippen LogP contribution >= 0.6 is 0 Å². The summed E-state index contributed by atoms with van der Waals surface area (Å²) in [6.45, 7) is 8.77. The summed E-state index contributed by atoms with van der Waals surface area (Å²) in [4.78, 5) is 23.1. The Hall–Kier alpha value is -1.22. The summed E-state index contributed by atoms with van der Waals surface area (Å²) in [5, 5.41) is 31.2. The average molecular weight is 318 g/mol. The number of aliphatic carboxylic acids is 2. The molecule has 1 aliphatic heterocycles. The van der Waals surface area contributed by atoms with Gasteiger partial charge in [0.05, 0.1) is 18.0 Å². The van der Waals surface area contributed by atoms with Crippen LogP contribution in [-0.2, 0) is 9.59 Å². The monoisotopic (exact) mass is 318 g/mol. The van der Waals surface area contributed by atoms with Crippen LogP contribution in [0.5, 0.6) is 0 Å². The second-order valence-corrected chi connectivity index (χ2v) is 4.33. The zero-order valence-corrected chi connectivity index (χ0v) is 12.8. The summed E-state index contributed by atoms with van der Waals surface area (Å²) in [6, 6.07) is -1.70. The highest BCUT2D eigenvalue weighted by atomic mass is 16.4. The van der Waals surface area contributed by atoms with E-state index in [0.717, 1.165) is 26.2 Å². The van der Waals surface area contributed by atoms with Gasteiger partial charge in [0.1, 0.15) is 0 Å². The van der Waals surface area contributed by atoms with E-state index in [4.69, 9.17) is 0 Å². The molecule has 0 unspecified atom stereocenters. The van der Waals surface area contributed by atoms with Crippen LogP contribution in [0.3, 0.4) is 0 Å². The van der Waals surface area contributed by atoms with E-state index in [9.17, 15) is 19.8 Å². The number of carbonyl (C=O) groups excluding carboxylic acids is 2. The molecule has 8 heteroatoms. The SMILES string of the molecule is C.CC.O=C([O-])C(C(=O)[O-])N1CCNCCNCCNCC1. The fourth-order valence-corrected chi connectivity index (χ4v) is 1.94. The van der Waals surface area contributed by atoms with Crippen LogP contribution in [0.25, 0.3) is 0 Å². The van der Waals surface area contributed by atoms with Crippen molar-refractivity contribution in [2.45, 2.75) is 27.3 Å². The van der Waals surface area contributed by atoms with E-state index < -0.39 is 18.0 Å². The first-order chi connectivity index (χ1) is 10.1. The van der Waals surface area contributed by atoms with Crippen LogP contribution in [-0.4, -0.2) is 75.2 Å². The van der Waals surface area contributed by atoms with E-state index in [-0.39, 0.29) is 7.43 Å². The lowest BCUT2D eigenvalue weighted by atomic mass is 10.2. The quantitative estimate of drug-likeness (QED) is 0.461. The van der Waals surface area contributed by atoms with E-state index in [1.54, 1.807) is 0 Å². The van der Waals surface area contributed by atoms with Crippen molar-refractivity contribution in [3.63, 3.8) is 0 Å². The molecule has 0 atom stereocenters. The predicted molar refractivity (Wildman–Crippen MR) is 82.1 cm³/mol. The molecular formula is C14H30N4O4-2. The van der Waals surface area contributed by atoms with Crippen molar-refractivity contribution in [2.75, 3.05) is 52.4 Å². The molecule has 0 aromatic heterocycles. The average Bonchev–Trinajstić information content (AvgIpc) is 2.43. The number of carboxylic acids is 2. The highest BCUT2D eigenvalue weighted by molar-refractivity contribution is 5.95. The fourth-order valence-electron chi connectivity index (χ4n) is 1.94. The number of rotatable bonds is 3. The molecule has 0 bridgehead atoms. The smallest absolute Gasteiger partial charge is 0.0896 e. The van der Waals surface area contributed by atoms with E-state index in [2.05, 4.69) is 16.0 Å². The number of hydrogen-bond donors (Lipinski definition) is 3. The summed E-state index contributed by atoms with van der Waals surface area (Å²) in [6.07, 6.45) is 0. The minimum absolute atomic E-state index is 0. The lowest BCUT2D eigenvalue weighted by Gasteiger charge is -2.33. The zero-order chi connectivity index (χ0) is 16.1. The van der Waals surface area contributed by atoms with Crippen LogP contribution in [0.1, 0.15) is 21.3 Å². The molecule has 1 saturated heterocycles. The van der Waals surface area contributed by atoms with E-state index >= 15 is 0 Å². The third-order valence-electron chi connectivity index (χ3n) is 2.92. The van der Waals surface area contributed by atoms with Gasteiger partial charge in [-0.2, -0.15) is 0 Å². The second kappa shape index (κ2) is 14.7. The largest absolute Gasteiger partial charge is 0.548 e. The Labute approximate surface area is 133 Å². The Kier molecular flexibility index (Phi) is 15.4. The Morgan fingerprint density at radius 2 is 1.14 bits per heavy atom. The van der Waals surface area contributed by atoms with Gasteiger partial charge in [-0.3, -0.25) is 4.90 Å². The number of nitrogens with one attached hydrogen (secondary N) is 3. The molecule has 1 aliphatic rings. The third kappa shape index (κ3) is 9.67. The maximum absolute atomic E-state index is 10.9. The molecule has 22 heavy (non-hydrogen) atoms. The van der Waals surface area contributed by atoms with E-state index in [0.29, 0.717) is 26.2 Å². The molecule has 132 valence electrons. The Bertz CT molecular complexity index is 277. The molecule has 0 saturated carbocycles. The Balaban J connectivity index is 0. The van der Waals surface area contributed by atoms with Crippen molar-refractivity contribution in [1.82, 2.24) is 20.9 Å². The number of carbonyl (C=O) groups is 2. The van der Waals surface area contributed by atoms with Crippen LogP contribution in [0, 0.1) is 0 Å². The van der Waals surface area contributed by atoms with Gasteiger partial charge in [0.2, 0.25) is 0 Å². The second-order valence-electron chi connectivity index (χ2n) is 4.33. The molecule has 0 radical (unpaired) electrons. The van der Waals surface area contributed by atoms with Crippen LogP contribution in [0.15, 0.2) is 0 Å². The number of nitrogens with zero attached hydrogens (tertiary/aromatic N) is 1. The lowest BCUT2D eigenvalue weighted by Crippen LogP contribution is -2.59. The van der Waals surface area contributed by atoms with Crippen molar-refractivity contribution in [3.8, 4) is 0 Å². The third-order valence-corrected chi connectivity index (χ3v) is 2.92. The van der Waals surface area contributed by atoms with Crippen LogP contribution < -0.4 is 26.2 Å². The molecule has 3 N–H and O–H groups in total. The predicted octanol–water partition coefficient (Wildman–Crippen LogP) is -3.40. The zero-order valence-electron chi connectivity index (χ0n) is 12.8. The molecule has 0 aromatic rings. The standard InChI is InChI=1S/C11H22N4O4.C2H6.CH4/c16-10(17)9(11(18)19)15-7-5-13-3-1-12-2-4-14-6-8-15;1-2;/h9,12-14H,1-8H2,(H,16,17)(H,18,19);1-2H3;1H4/p-2. The van der Waals surface area contributed by atoms with Crippen molar-refractivity contribution >= 4 is 11.9 Å². The summed E-state index contributed by atoms with van der Waals surface area (Å²) in [5.74, 6) is -3.26. The summed E-state index contributed by atoms with van der Waals surface area (Å²) in [7, 11) is 0. The molecule has 1 heterocycles. The number of carboxylic acid groups (broad SMARTS) is 2. The van der Waals surface area contributed by atoms with Crippen molar-refractivity contribution in [2.24, 2.45) is 0 Å². The minimum atomic E-state index is -1.70. The first-order valence-corrected chi connectivity index (χ1v) is 7.41. The fraction of sp³-hybridized carbons (Fsp3) is 0.857. The van der Waals surface area contributed by atoms with Crippen molar-refractivity contribution in [3.05, 3.63) is 0 Å². The van der Waals surface area contributed by atoms with Crippen LogP contribution in [0.4, 0.5) is 0 Å². The first kappa shape index (κ1) is 23.1. The lowest BCUT2D eigenvalue weighted by molar-refractivity contribution is -0.331. The highest BCUT2D eigenvalue weighted by Gasteiger charge is 2.20. The van der Waals surface area contributed by atoms with Gasteiger partial charge < -0.3 is 35.8 Å². The van der Waals surface area contributed by atoms with Crippen LogP contribution in [0.2, 0.25) is 0 Å². The maximum atomic E-state index is 10.9. The van der Waals surface area contributed by atoms with Crippen molar-refractivity contribution < 1.29 is 19.8 Å². The van der Waals surface area contributed by atoms with Gasteiger partial charge in [-0.1, -0.05) is 21.3 Å². The van der Waals surface area contributed by atoms with E-state index in [1.807, 2.05) is 13.8 Å². The summed E-state index contributed by atoms with van der Waals surface area (Å²) >= 11 is 0. The van der Waals surface area contributed by atoms with E-state index in [1.165, 1.54) is 4.90 Å². The number of hydrogen-bond acceptors (Lipinski definition) is 8. The molecule has 1 rings (SSSR count). The van der Waals surface area contributed by atoms with Gasteiger partial charge in [-0.05, 0) is 0 Å². The first-order valence-electron chi connectivity index (χ1n) is 7.41. The van der Waals surface area contributed by atoms with Gasteiger partial charge in [0.25, 0.3) is 0 Å². The molecule has 0 aliphatic carbocycles. The molecule has 0 aromatic carbocycles. The van der Waals surface area contributed by atoms with Gasteiger partial charge in [-0.15, -0.1) is 0 Å². The summed E-state index contributed by atoms with van der Waals surface area (Å²) < 4.78 is 0. The Morgan fingerprint density at radius 3 is 1.45 bits per heavy atom. The molecular weight excluding hydrogens is 288 g/mol. The topological polar surface area (TPSA) is 120 Å². The maximum Gasteiger partial charge on any atom is 0.0896 e. The molecule has 1 fully saturated rings. The van der Waals surface area contributed by atoms with Crippen molar-refractivity contribution in [1.29, 1.82) is 0 Å². The molecule has 0 spiro atoms. The normalized spacial score (nSPS) is 18.0. The van der Waals surface area contributed by atoms with Gasteiger partial charge >= 0.3 is 0 Å². The van der Waals surface area contributed by atoms with Gasteiger partial charge in [-0.25, -0.2) is 0 Å². The molecule has 0 amide bonds. The minimum Gasteiger partial charge on any atom is -0.548 e. The summed E-state index contributed by atoms with van der Waals surface area (Å²) in [5.41, 5.74) is 0. The highest BCUT2D eigenvalue weighted by Crippen LogP contribution is 1.97. The van der Waals surface area contributed by atoms with Gasteiger partial charge in [0, 0.05) is 52.4 Å². The Morgan fingerprint density at radius 1 is 0.818 bits per heavy atom. The molecule has 8 nitrogen and oxygen atoms in total.